The van der Waals surface area contributed by atoms with Gasteiger partial charge in [-0.3, -0.25) is 0 Å². The highest BCUT2D eigenvalue weighted by molar-refractivity contribution is 5.84. The second-order valence-electron chi connectivity index (χ2n) is 2.66. The van der Waals surface area contributed by atoms with Crippen molar-refractivity contribution >= 4 is 12.2 Å². The van der Waals surface area contributed by atoms with Crippen LogP contribution in [0.5, 0.6) is 5.75 Å². The Balaban J connectivity index is 2.68. The van der Waals surface area contributed by atoms with Gasteiger partial charge in [-0.1, -0.05) is 17.6 Å². The molecule has 0 amide bonds. The van der Waals surface area contributed by atoms with Gasteiger partial charge in [-0.05, 0) is 12.1 Å². The van der Waals surface area contributed by atoms with E-state index in [0.717, 1.165) is 0 Å². The summed E-state index contributed by atoms with van der Waals surface area (Å²) in [5.74, 6) is -0.418. The Labute approximate surface area is 90.2 Å². The van der Waals surface area contributed by atoms with Crippen molar-refractivity contribution in [2.24, 2.45) is 15.9 Å². The summed E-state index contributed by atoms with van der Waals surface area (Å²) in [7, 11) is 0. The summed E-state index contributed by atoms with van der Waals surface area (Å²) in [5, 5.41) is 25.2. The zero-order valence-electron chi connectivity index (χ0n) is 8.07. The minimum Gasteiger partial charge on any atom is -0.507 e. The molecule has 0 saturated heterocycles. The molecule has 4 N–H and O–H groups in total. The van der Waals surface area contributed by atoms with Crippen molar-refractivity contribution in [1.29, 1.82) is 0 Å². The van der Waals surface area contributed by atoms with Crippen LogP contribution in [0.3, 0.4) is 0 Å². The molecular weight excluding hydrogens is 214 g/mol. The van der Waals surface area contributed by atoms with Crippen LogP contribution in [0.4, 0.5) is 0 Å². The molecule has 0 bridgehead atoms. The SMILES string of the molecule is NC(=NN=Cc1ccccc1O)N[N+](=O)[O-]. The molecular formula is C8H9N5O3. The minimum atomic E-state index is -0.853. The summed E-state index contributed by atoms with van der Waals surface area (Å²) in [6.07, 6.45) is 1.23. The maximum Gasteiger partial charge on any atom is 0.275 e. The van der Waals surface area contributed by atoms with Gasteiger partial charge in [0.15, 0.2) is 5.03 Å². The van der Waals surface area contributed by atoms with Crippen LogP contribution >= 0.6 is 0 Å². The monoisotopic (exact) mass is 223 g/mol. The van der Waals surface area contributed by atoms with Crippen LogP contribution < -0.4 is 11.2 Å². The van der Waals surface area contributed by atoms with E-state index in [-0.39, 0.29) is 5.75 Å². The van der Waals surface area contributed by atoms with Crippen LogP contribution in [0.15, 0.2) is 34.5 Å². The average molecular weight is 223 g/mol. The standard InChI is InChI=1S/C8H9N5O3/c9-8(12-13(15)16)11-10-5-6-3-1-2-4-7(6)14/h1-5,14H,(H3,9,11,12). The third kappa shape index (κ3) is 3.62. The molecule has 1 rings (SSSR count). The largest absolute Gasteiger partial charge is 0.507 e. The Bertz CT molecular complexity index is 443. The lowest BCUT2D eigenvalue weighted by Gasteiger charge is -1.95. The number of nitrogens with one attached hydrogen (secondary N) is 1. The van der Waals surface area contributed by atoms with E-state index >= 15 is 0 Å². The smallest absolute Gasteiger partial charge is 0.275 e. The number of phenolic OH excluding ortho intramolecular Hbond substituents is 1. The zero-order chi connectivity index (χ0) is 12.0. The summed E-state index contributed by atoms with van der Waals surface area (Å²) in [4.78, 5) is 9.94. The fourth-order valence-electron chi connectivity index (χ4n) is 0.866. The number of rotatable bonds is 3. The maximum absolute atomic E-state index is 9.94. The Morgan fingerprint density at radius 3 is 2.88 bits per heavy atom. The number of nitrogens with zero attached hydrogens (tertiary/aromatic N) is 3. The molecule has 0 aromatic heterocycles. The highest BCUT2D eigenvalue weighted by Gasteiger charge is 1.97. The first-order valence-electron chi connectivity index (χ1n) is 4.15. The molecule has 0 atom stereocenters. The number of aromatic hydroxyl groups is 1. The number of benzene rings is 1. The van der Waals surface area contributed by atoms with Gasteiger partial charge in [0, 0.05) is 5.56 Å². The average Bonchev–Trinajstić information content (AvgIpc) is 2.19. The van der Waals surface area contributed by atoms with Gasteiger partial charge in [0.1, 0.15) is 5.75 Å². The summed E-state index contributed by atoms with van der Waals surface area (Å²) in [6, 6.07) is 6.43. The molecule has 0 spiro atoms. The van der Waals surface area contributed by atoms with Gasteiger partial charge >= 0.3 is 0 Å². The predicted octanol–water partition coefficient (Wildman–Crippen LogP) is -0.178. The van der Waals surface area contributed by atoms with Gasteiger partial charge in [-0.15, -0.1) is 5.10 Å². The van der Waals surface area contributed by atoms with E-state index < -0.39 is 11.0 Å². The fourth-order valence-corrected chi connectivity index (χ4v) is 0.866. The van der Waals surface area contributed by atoms with Gasteiger partial charge in [-0.25, -0.2) is 10.1 Å². The van der Waals surface area contributed by atoms with E-state index in [2.05, 4.69) is 10.2 Å². The Morgan fingerprint density at radius 1 is 1.56 bits per heavy atom. The molecule has 0 aliphatic rings. The molecule has 16 heavy (non-hydrogen) atoms. The van der Waals surface area contributed by atoms with Crippen molar-refractivity contribution in [1.82, 2.24) is 5.43 Å². The maximum atomic E-state index is 9.94. The number of hydrogen-bond donors (Lipinski definition) is 3. The lowest BCUT2D eigenvalue weighted by molar-refractivity contribution is -0.525. The van der Waals surface area contributed by atoms with E-state index in [9.17, 15) is 15.2 Å². The highest BCUT2D eigenvalue weighted by Crippen LogP contribution is 2.12. The van der Waals surface area contributed by atoms with E-state index in [4.69, 9.17) is 5.73 Å². The van der Waals surface area contributed by atoms with E-state index in [1.807, 2.05) is 0 Å². The first-order chi connectivity index (χ1) is 7.59. The summed E-state index contributed by atoms with van der Waals surface area (Å²) in [5.41, 5.74) is 7.15. The molecule has 0 aliphatic carbocycles. The van der Waals surface area contributed by atoms with Crippen molar-refractivity contribution in [3.05, 3.63) is 39.9 Å². The lowest BCUT2D eigenvalue weighted by atomic mass is 10.2. The Hall–Kier alpha value is -2.64. The van der Waals surface area contributed by atoms with Gasteiger partial charge in [-0.2, -0.15) is 5.10 Å². The van der Waals surface area contributed by atoms with Crippen molar-refractivity contribution in [3.63, 3.8) is 0 Å². The van der Waals surface area contributed by atoms with Gasteiger partial charge in [0.25, 0.3) is 5.96 Å². The quantitative estimate of drug-likeness (QED) is 0.283. The van der Waals surface area contributed by atoms with Crippen LogP contribution in [0.25, 0.3) is 0 Å². The summed E-state index contributed by atoms with van der Waals surface area (Å²) < 4.78 is 0. The van der Waals surface area contributed by atoms with Crippen LogP contribution in [0.2, 0.25) is 0 Å². The van der Waals surface area contributed by atoms with Gasteiger partial charge < -0.3 is 10.8 Å². The molecule has 1 aromatic carbocycles. The molecule has 8 heteroatoms. The van der Waals surface area contributed by atoms with Crippen molar-refractivity contribution in [2.45, 2.75) is 0 Å². The van der Waals surface area contributed by atoms with E-state index in [1.54, 1.807) is 23.6 Å². The van der Waals surface area contributed by atoms with E-state index in [0.29, 0.717) is 5.56 Å². The number of phenols is 1. The van der Waals surface area contributed by atoms with E-state index in [1.165, 1.54) is 12.3 Å². The van der Waals surface area contributed by atoms with Crippen molar-refractivity contribution in [2.75, 3.05) is 0 Å². The van der Waals surface area contributed by atoms with Crippen LogP contribution in [-0.2, 0) is 0 Å². The molecule has 0 fully saturated rings. The summed E-state index contributed by atoms with van der Waals surface area (Å²) >= 11 is 0. The molecule has 1 aromatic rings. The second-order valence-corrected chi connectivity index (χ2v) is 2.66. The van der Waals surface area contributed by atoms with Gasteiger partial charge in [0.2, 0.25) is 0 Å². The molecule has 0 heterocycles. The molecule has 8 nitrogen and oxygen atoms in total. The summed E-state index contributed by atoms with van der Waals surface area (Å²) in [6.45, 7) is 0. The first kappa shape index (κ1) is 11.4. The van der Waals surface area contributed by atoms with Crippen molar-refractivity contribution in [3.8, 4) is 5.75 Å². The zero-order valence-corrected chi connectivity index (χ0v) is 8.07. The lowest BCUT2D eigenvalue weighted by Crippen LogP contribution is -2.35. The number of hydrazine groups is 1. The molecule has 0 radical (unpaired) electrons. The Kier molecular flexibility index (Phi) is 3.78. The van der Waals surface area contributed by atoms with Crippen LogP contribution in [-0.4, -0.2) is 22.3 Å². The minimum absolute atomic E-state index is 0.0299. The second kappa shape index (κ2) is 5.29. The third-order valence-electron chi connectivity index (χ3n) is 1.50. The number of hydrogen-bond acceptors (Lipinski definition) is 5. The third-order valence-corrected chi connectivity index (χ3v) is 1.50. The number of nitrogens with two attached hydrogens (primary N) is 1. The van der Waals surface area contributed by atoms with Crippen LogP contribution in [0.1, 0.15) is 5.56 Å². The topological polar surface area (TPSA) is 126 Å². The molecule has 0 aliphatic heterocycles. The molecule has 0 saturated carbocycles. The normalized spacial score (nSPS) is 11.6. The number of guanidine groups is 1. The molecule has 0 unspecified atom stereocenters. The predicted molar refractivity (Wildman–Crippen MR) is 57.5 cm³/mol. The van der Waals surface area contributed by atoms with Crippen molar-refractivity contribution < 1.29 is 10.1 Å². The number of nitro groups is 1. The fraction of sp³-hybridized carbons (Fsp3) is 0. The first-order valence-corrected chi connectivity index (χ1v) is 4.15. The Morgan fingerprint density at radius 2 is 2.25 bits per heavy atom. The molecule has 84 valence electrons. The highest BCUT2D eigenvalue weighted by atomic mass is 16.7. The van der Waals surface area contributed by atoms with Crippen LogP contribution in [0, 0.1) is 10.1 Å². The number of para-hydroxylation sites is 1. The van der Waals surface area contributed by atoms with Gasteiger partial charge in [0.05, 0.1) is 6.21 Å².